The number of ether oxygens (including phenoxy) is 1. The maximum Gasteiger partial charge on any atom is 0.265 e. The molecule has 1 aliphatic rings. The number of unbranched alkanes of at least 4 members (excludes halogenated alkanes) is 1. The minimum Gasteiger partial charge on any atom is -0.481 e. The van der Waals surface area contributed by atoms with Crippen LogP contribution in [0.3, 0.4) is 0 Å². The van der Waals surface area contributed by atoms with Crippen LogP contribution in [0.2, 0.25) is 0 Å². The predicted molar refractivity (Wildman–Crippen MR) is 97.7 cm³/mol. The van der Waals surface area contributed by atoms with E-state index in [0.717, 1.165) is 18.4 Å². The number of rotatable bonds is 6. The minimum absolute atomic E-state index is 0.0399. The van der Waals surface area contributed by atoms with Gasteiger partial charge in [-0.2, -0.15) is 0 Å². The number of fused-ring (bicyclic) bond motifs is 1. The van der Waals surface area contributed by atoms with Gasteiger partial charge in [0.25, 0.3) is 5.91 Å². The molecule has 0 fully saturated rings. The van der Waals surface area contributed by atoms with E-state index in [4.69, 9.17) is 4.74 Å². The summed E-state index contributed by atoms with van der Waals surface area (Å²) in [6.45, 7) is 2.30. The normalized spacial score (nSPS) is 13.2. The molecule has 0 aromatic heterocycles. The Balaban J connectivity index is 1.77. The molecule has 0 aliphatic carbocycles. The Kier molecular flexibility index (Phi) is 5.51. The van der Waals surface area contributed by atoms with Crippen molar-refractivity contribution in [3.8, 4) is 5.75 Å². The first-order chi connectivity index (χ1) is 12.6. The summed E-state index contributed by atoms with van der Waals surface area (Å²) in [6.07, 6.45) is 2.28. The summed E-state index contributed by atoms with van der Waals surface area (Å²) >= 11 is 0. The fraction of sp³-hybridized carbons (Fsp3) is 0.300. The molecule has 6 heteroatoms. The number of halogens is 1. The van der Waals surface area contributed by atoms with Gasteiger partial charge in [-0.05, 0) is 36.2 Å². The maximum absolute atomic E-state index is 13.1. The number of nitrogens with one attached hydrogen (secondary N) is 1. The molecule has 2 aromatic carbocycles. The molecule has 2 amide bonds. The topological polar surface area (TPSA) is 58.6 Å². The third kappa shape index (κ3) is 4.20. The molecule has 0 saturated carbocycles. The van der Waals surface area contributed by atoms with Crippen molar-refractivity contribution in [1.82, 2.24) is 0 Å². The Hall–Kier alpha value is -2.89. The number of carbonyl (C=O) groups excluding carboxylic acids is 2. The van der Waals surface area contributed by atoms with Gasteiger partial charge in [-0.3, -0.25) is 9.59 Å². The second kappa shape index (κ2) is 7.99. The van der Waals surface area contributed by atoms with E-state index >= 15 is 0 Å². The molecular formula is C20H21FN2O3. The number of benzene rings is 2. The van der Waals surface area contributed by atoms with Gasteiger partial charge in [0, 0.05) is 18.2 Å². The van der Waals surface area contributed by atoms with Crippen LogP contribution in [0, 0.1) is 5.82 Å². The van der Waals surface area contributed by atoms with Crippen molar-refractivity contribution < 1.29 is 18.7 Å². The van der Waals surface area contributed by atoms with Crippen LogP contribution in [-0.4, -0.2) is 18.4 Å². The highest BCUT2D eigenvalue weighted by molar-refractivity contribution is 5.99. The third-order valence-electron chi connectivity index (χ3n) is 4.20. The summed E-state index contributed by atoms with van der Waals surface area (Å²) in [4.78, 5) is 25.7. The number of nitrogens with zero attached hydrogens (tertiary/aromatic N) is 1. The molecule has 0 unspecified atom stereocenters. The molecule has 26 heavy (non-hydrogen) atoms. The van der Waals surface area contributed by atoms with Gasteiger partial charge in [-0.1, -0.05) is 25.5 Å². The molecule has 5 nitrogen and oxygen atoms in total. The van der Waals surface area contributed by atoms with Gasteiger partial charge in [0.2, 0.25) is 5.91 Å². The molecule has 0 bridgehead atoms. The van der Waals surface area contributed by atoms with E-state index in [1.54, 1.807) is 35.2 Å². The number of carbonyl (C=O) groups is 2. The van der Waals surface area contributed by atoms with E-state index < -0.39 is 0 Å². The Bertz CT molecular complexity index is 805. The van der Waals surface area contributed by atoms with Crippen LogP contribution in [0.4, 0.5) is 15.8 Å². The number of hydrogen-bond acceptors (Lipinski definition) is 3. The highest BCUT2D eigenvalue weighted by Gasteiger charge is 2.26. The fourth-order valence-corrected chi connectivity index (χ4v) is 2.79. The van der Waals surface area contributed by atoms with Crippen LogP contribution < -0.4 is 15.0 Å². The van der Waals surface area contributed by atoms with Gasteiger partial charge in [-0.15, -0.1) is 0 Å². The van der Waals surface area contributed by atoms with Gasteiger partial charge >= 0.3 is 0 Å². The van der Waals surface area contributed by atoms with Crippen LogP contribution in [0.25, 0.3) is 0 Å². The van der Waals surface area contributed by atoms with Crippen LogP contribution >= 0.6 is 0 Å². The monoisotopic (exact) mass is 356 g/mol. The molecule has 0 atom stereocenters. The molecule has 1 heterocycles. The van der Waals surface area contributed by atoms with Crippen molar-refractivity contribution in [2.24, 2.45) is 0 Å². The molecule has 0 radical (unpaired) electrons. The van der Waals surface area contributed by atoms with Crippen molar-refractivity contribution in [2.45, 2.75) is 32.7 Å². The van der Waals surface area contributed by atoms with E-state index in [0.29, 0.717) is 30.1 Å². The summed E-state index contributed by atoms with van der Waals surface area (Å²) in [5.41, 5.74) is 2.10. The smallest absolute Gasteiger partial charge is 0.265 e. The lowest BCUT2D eigenvalue weighted by Crippen LogP contribution is -2.38. The van der Waals surface area contributed by atoms with E-state index in [2.05, 4.69) is 5.32 Å². The molecule has 1 N–H and O–H groups in total. The van der Waals surface area contributed by atoms with Crippen molar-refractivity contribution in [2.75, 3.05) is 16.8 Å². The predicted octanol–water partition coefficient (Wildman–Crippen LogP) is 3.88. The van der Waals surface area contributed by atoms with E-state index in [-0.39, 0.29) is 24.2 Å². The first-order valence-electron chi connectivity index (χ1n) is 8.68. The van der Waals surface area contributed by atoms with Crippen molar-refractivity contribution in [3.05, 3.63) is 53.8 Å². The standard InChI is InChI=1S/C20H21FN2O3/c1-2-3-4-19(24)22-16-9-10-17-18(11-16)26-13-20(25)23(17)12-14-5-7-15(21)8-6-14/h5-11H,2-4,12-13H2,1H3,(H,22,24). The highest BCUT2D eigenvalue weighted by Crippen LogP contribution is 2.35. The van der Waals surface area contributed by atoms with Crippen molar-refractivity contribution in [3.63, 3.8) is 0 Å². The lowest BCUT2D eigenvalue weighted by Gasteiger charge is -2.29. The third-order valence-corrected chi connectivity index (χ3v) is 4.20. The van der Waals surface area contributed by atoms with Gasteiger partial charge in [0.1, 0.15) is 11.6 Å². The van der Waals surface area contributed by atoms with Gasteiger partial charge in [0.05, 0.1) is 12.2 Å². The zero-order chi connectivity index (χ0) is 18.5. The summed E-state index contributed by atoms with van der Waals surface area (Å²) in [5.74, 6) is 0.0225. The average molecular weight is 356 g/mol. The Morgan fingerprint density at radius 2 is 2.00 bits per heavy atom. The SMILES string of the molecule is CCCCC(=O)Nc1ccc2c(c1)OCC(=O)N2Cc1ccc(F)cc1. The highest BCUT2D eigenvalue weighted by atomic mass is 19.1. The summed E-state index contributed by atoms with van der Waals surface area (Å²) in [7, 11) is 0. The molecular weight excluding hydrogens is 335 g/mol. The Morgan fingerprint density at radius 1 is 1.23 bits per heavy atom. The molecule has 0 spiro atoms. The second-order valence-corrected chi connectivity index (χ2v) is 6.23. The molecule has 136 valence electrons. The fourth-order valence-electron chi connectivity index (χ4n) is 2.79. The lowest BCUT2D eigenvalue weighted by molar-refractivity contribution is -0.121. The zero-order valence-corrected chi connectivity index (χ0v) is 14.6. The largest absolute Gasteiger partial charge is 0.481 e. The van der Waals surface area contributed by atoms with Gasteiger partial charge in [0.15, 0.2) is 6.61 Å². The number of anilines is 2. The molecule has 2 aromatic rings. The lowest BCUT2D eigenvalue weighted by atomic mass is 10.1. The summed E-state index contributed by atoms with van der Waals surface area (Å²) in [5, 5.41) is 2.84. The van der Waals surface area contributed by atoms with Crippen molar-refractivity contribution >= 4 is 23.2 Å². The van der Waals surface area contributed by atoms with Crippen LogP contribution in [0.1, 0.15) is 31.7 Å². The van der Waals surface area contributed by atoms with Gasteiger partial charge < -0.3 is 15.0 Å². The Morgan fingerprint density at radius 3 is 2.73 bits per heavy atom. The first-order valence-corrected chi connectivity index (χ1v) is 8.68. The van der Waals surface area contributed by atoms with E-state index in [1.807, 2.05) is 6.92 Å². The van der Waals surface area contributed by atoms with E-state index in [9.17, 15) is 14.0 Å². The number of hydrogen-bond donors (Lipinski definition) is 1. The first kappa shape index (κ1) is 17.9. The quantitative estimate of drug-likeness (QED) is 0.854. The zero-order valence-electron chi connectivity index (χ0n) is 14.6. The van der Waals surface area contributed by atoms with Crippen molar-refractivity contribution in [1.29, 1.82) is 0 Å². The molecule has 1 aliphatic heterocycles. The number of amides is 2. The average Bonchev–Trinajstić information content (AvgIpc) is 2.64. The molecule has 3 rings (SSSR count). The maximum atomic E-state index is 13.1. The van der Waals surface area contributed by atoms with Crippen LogP contribution in [0.5, 0.6) is 5.75 Å². The van der Waals surface area contributed by atoms with Crippen LogP contribution in [0.15, 0.2) is 42.5 Å². The minimum atomic E-state index is -0.314. The summed E-state index contributed by atoms with van der Waals surface area (Å²) in [6, 6.07) is 11.3. The molecule has 0 saturated heterocycles. The second-order valence-electron chi connectivity index (χ2n) is 6.23. The van der Waals surface area contributed by atoms with Gasteiger partial charge in [-0.25, -0.2) is 4.39 Å². The Labute approximate surface area is 151 Å². The summed E-state index contributed by atoms with van der Waals surface area (Å²) < 4.78 is 18.6. The van der Waals surface area contributed by atoms with Crippen LogP contribution in [-0.2, 0) is 16.1 Å². The van der Waals surface area contributed by atoms with E-state index in [1.165, 1.54) is 12.1 Å².